The third-order valence-electron chi connectivity index (χ3n) is 1.26. The van der Waals surface area contributed by atoms with E-state index in [4.69, 9.17) is 5.73 Å². The summed E-state index contributed by atoms with van der Waals surface area (Å²) in [5, 5.41) is 2.95. The molecular weight excluding hydrogens is 112 g/mol. The third kappa shape index (κ3) is 1.13. The van der Waals surface area contributed by atoms with Crippen LogP contribution >= 0.6 is 0 Å². The van der Waals surface area contributed by atoms with Gasteiger partial charge in [-0.2, -0.15) is 0 Å². The van der Waals surface area contributed by atoms with Gasteiger partial charge in [0.15, 0.2) is 0 Å². The predicted octanol–water partition coefficient (Wildman–Crippen LogP) is 0.850. The third-order valence-corrected chi connectivity index (χ3v) is 1.26. The second kappa shape index (κ2) is 1.97. The van der Waals surface area contributed by atoms with Crippen LogP contribution in [0.3, 0.4) is 0 Å². The van der Waals surface area contributed by atoms with Crippen LogP contribution in [-0.4, -0.2) is 0 Å². The smallest absolute Gasteiger partial charge is 0.0378 e. The van der Waals surface area contributed by atoms with E-state index in [1.165, 1.54) is 0 Å². The van der Waals surface area contributed by atoms with Crippen molar-refractivity contribution < 1.29 is 0 Å². The van der Waals surface area contributed by atoms with E-state index < -0.39 is 0 Å². The molecule has 48 valence electrons. The van der Waals surface area contributed by atoms with Crippen molar-refractivity contribution in [2.24, 2.45) is 5.73 Å². The van der Waals surface area contributed by atoms with E-state index in [9.17, 15) is 0 Å². The molecule has 0 aromatic carbocycles. The topological polar surface area (TPSA) is 38.0 Å². The molecule has 0 saturated heterocycles. The fraction of sp³-hybridized carbons (Fsp3) is 0.143. The SMILES string of the molecule is C=C1C=C(N)C(C)=CN1. The number of allylic oxidation sites excluding steroid dienone is 2. The van der Waals surface area contributed by atoms with Crippen LogP contribution in [0.15, 0.2) is 35.8 Å². The van der Waals surface area contributed by atoms with E-state index in [-0.39, 0.29) is 0 Å². The zero-order valence-corrected chi connectivity index (χ0v) is 5.44. The first-order chi connectivity index (χ1) is 4.20. The molecule has 1 aliphatic rings. The Labute approximate surface area is 54.7 Å². The minimum atomic E-state index is 0.791. The zero-order valence-electron chi connectivity index (χ0n) is 5.44. The molecule has 0 aliphatic carbocycles. The molecule has 2 nitrogen and oxygen atoms in total. The van der Waals surface area contributed by atoms with Gasteiger partial charge in [0.1, 0.15) is 0 Å². The van der Waals surface area contributed by atoms with Gasteiger partial charge in [0, 0.05) is 17.6 Å². The number of nitrogens with two attached hydrogens (primary N) is 1. The summed E-state index contributed by atoms with van der Waals surface area (Å²) in [4.78, 5) is 0. The molecule has 0 saturated carbocycles. The van der Waals surface area contributed by atoms with Crippen molar-refractivity contribution in [2.75, 3.05) is 0 Å². The lowest BCUT2D eigenvalue weighted by molar-refractivity contribution is 1.04. The normalized spacial score (nSPS) is 18.1. The van der Waals surface area contributed by atoms with Gasteiger partial charge in [0.05, 0.1) is 0 Å². The van der Waals surface area contributed by atoms with Crippen LogP contribution in [0.2, 0.25) is 0 Å². The maximum Gasteiger partial charge on any atom is 0.0378 e. The first-order valence-corrected chi connectivity index (χ1v) is 2.80. The summed E-state index contributed by atoms with van der Waals surface area (Å²) < 4.78 is 0. The standard InChI is InChI=1S/C7H10N2/c1-5-4-9-6(2)3-7(5)8/h3-4,9H,2,8H2,1H3. The highest BCUT2D eigenvalue weighted by Crippen LogP contribution is 2.08. The quantitative estimate of drug-likeness (QED) is 0.500. The lowest BCUT2D eigenvalue weighted by Gasteiger charge is -2.10. The highest BCUT2D eigenvalue weighted by molar-refractivity contribution is 5.36. The molecule has 1 aliphatic heterocycles. The van der Waals surface area contributed by atoms with Gasteiger partial charge in [0.2, 0.25) is 0 Å². The Hall–Kier alpha value is -1.18. The summed E-state index contributed by atoms with van der Waals surface area (Å²) in [6, 6.07) is 0. The summed E-state index contributed by atoms with van der Waals surface area (Å²) in [5.74, 6) is 0. The highest BCUT2D eigenvalue weighted by atomic mass is 14.9. The molecule has 0 radical (unpaired) electrons. The van der Waals surface area contributed by atoms with Gasteiger partial charge >= 0.3 is 0 Å². The molecule has 1 heterocycles. The Morgan fingerprint density at radius 3 is 2.78 bits per heavy atom. The predicted molar refractivity (Wildman–Crippen MR) is 38.3 cm³/mol. The Balaban J connectivity index is 2.87. The van der Waals surface area contributed by atoms with Gasteiger partial charge in [-0.05, 0) is 18.6 Å². The molecule has 0 unspecified atom stereocenters. The number of dihydropyridines is 1. The van der Waals surface area contributed by atoms with Crippen LogP contribution in [0, 0.1) is 0 Å². The number of hydrogen-bond donors (Lipinski definition) is 2. The van der Waals surface area contributed by atoms with E-state index in [1.807, 2.05) is 19.2 Å². The van der Waals surface area contributed by atoms with Crippen molar-refractivity contribution >= 4 is 0 Å². The van der Waals surface area contributed by atoms with Crippen LogP contribution in [0.4, 0.5) is 0 Å². The molecule has 0 atom stereocenters. The van der Waals surface area contributed by atoms with Crippen molar-refractivity contribution in [3.63, 3.8) is 0 Å². The molecule has 0 aromatic rings. The van der Waals surface area contributed by atoms with Crippen LogP contribution in [0.1, 0.15) is 6.92 Å². The maximum absolute atomic E-state index is 5.56. The Kier molecular flexibility index (Phi) is 1.30. The summed E-state index contributed by atoms with van der Waals surface area (Å²) in [6.07, 6.45) is 3.66. The van der Waals surface area contributed by atoms with Gasteiger partial charge in [-0.15, -0.1) is 0 Å². The van der Waals surface area contributed by atoms with Crippen molar-refractivity contribution in [1.82, 2.24) is 5.32 Å². The van der Waals surface area contributed by atoms with E-state index in [2.05, 4.69) is 11.9 Å². The number of rotatable bonds is 0. The lowest BCUT2D eigenvalue weighted by atomic mass is 10.2. The molecule has 0 bridgehead atoms. The molecule has 0 spiro atoms. The van der Waals surface area contributed by atoms with Crippen LogP contribution in [-0.2, 0) is 0 Å². The fourth-order valence-corrected chi connectivity index (χ4v) is 0.627. The molecule has 0 amide bonds. The Morgan fingerprint density at radius 2 is 2.33 bits per heavy atom. The van der Waals surface area contributed by atoms with Crippen LogP contribution < -0.4 is 11.1 Å². The largest absolute Gasteiger partial charge is 0.398 e. The van der Waals surface area contributed by atoms with Gasteiger partial charge in [-0.25, -0.2) is 0 Å². The number of hydrogen-bond acceptors (Lipinski definition) is 2. The van der Waals surface area contributed by atoms with Crippen LogP contribution in [0.25, 0.3) is 0 Å². The maximum atomic E-state index is 5.56. The van der Waals surface area contributed by atoms with Crippen molar-refractivity contribution in [2.45, 2.75) is 6.92 Å². The second-order valence-electron chi connectivity index (χ2n) is 2.10. The minimum Gasteiger partial charge on any atom is -0.398 e. The molecule has 0 fully saturated rings. The van der Waals surface area contributed by atoms with Crippen LogP contribution in [0.5, 0.6) is 0 Å². The summed E-state index contributed by atoms with van der Waals surface area (Å²) in [7, 11) is 0. The Bertz CT molecular complexity index is 199. The van der Waals surface area contributed by atoms with E-state index in [0.717, 1.165) is 17.0 Å². The lowest BCUT2D eigenvalue weighted by Crippen LogP contribution is -2.12. The first-order valence-electron chi connectivity index (χ1n) is 2.80. The fourth-order valence-electron chi connectivity index (χ4n) is 0.627. The average Bonchev–Trinajstić information content (AvgIpc) is 1.80. The highest BCUT2D eigenvalue weighted by Gasteiger charge is 1.99. The van der Waals surface area contributed by atoms with Gasteiger partial charge in [-0.1, -0.05) is 6.58 Å². The van der Waals surface area contributed by atoms with Gasteiger partial charge in [0.25, 0.3) is 0 Å². The second-order valence-corrected chi connectivity index (χ2v) is 2.10. The van der Waals surface area contributed by atoms with E-state index >= 15 is 0 Å². The van der Waals surface area contributed by atoms with Crippen molar-refractivity contribution in [1.29, 1.82) is 0 Å². The molecular formula is C7H10N2. The number of nitrogens with one attached hydrogen (secondary N) is 1. The first kappa shape index (κ1) is 5.95. The summed E-state index contributed by atoms with van der Waals surface area (Å²) >= 11 is 0. The molecule has 1 rings (SSSR count). The summed E-state index contributed by atoms with van der Waals surface area (Å²) in [6.45, 7) is 5.64. The summed E-state index contributed by atoms with van der Waals surface area (Å²) in [5.41, 5.74) is 8.25. The molecule has 2 heteroatoms. The zero-order chi connectivity index (χ0) is 6.85. The van der Waals surface area contributed by atoms with Crippen molar-refractivity contribution in [3.05, 3.63) is 35.8 Å². The molecule has 0 aromatic heterocycles. The molecule has 3 N–H and O–H groups in total. The van der Waals surface area contributed by atoms with Gasteiger partial charge < -0.3 is 11.1 Å². The monoisotopic (exact) mass is 122 g/mol. The average molecular weight is 122 g/mol. The molecule has 9 heavy (non-hydrogen) atoms. The van der Waals surface area contributed by atoms with Crippen molar-refractivity contribution in [3.8, 4) is 0 Å². The van der Waals surface area contributed by atoms with E-state index in [1.54, 1.807) is 0 Å². The van der Waals surface area contributed by atoms with Gasteiger partial charge in [-0.3, -0.25) is 0 Å². The Morgan fingerprint density at radius 1 is 1.67 bits per heavy atom. The van der Waals surface area contributed by atoms with E-state index in [0.29, 0.717) is 0 Å². The minimum absolute atomic E-state index is 0.791.